The maximum atomic E-state index is 6.37. The quantitative estimate of drug-likeness (QED) is 0.809. The molecule has 0 spiro atoms. The maximum Gasteiger partial charge on any atom is 0.125 e. The van der Waals surface area contributed by atoms with Crippen molar-refractivity contribution in [2.75, 3.05) is 0 Å². The van der Waals surface area contributed by atoms with Crippen molar-refractivity contribution in [1.82, 2.24) is 9.55 Å². The van der Waals surface area contributed by atoms with Gasteiger partial charge in [0.2, 0.25) is 0 Å². The summed E-state index contributed by atoms with van der Waals surface area (Å²) in [5.41, 5.74) is 6.61. The van der Waals surface area contributed by atoms with Gasteiger partial charge in [-0.1, -0.05) is 26.2 Å². The van der Waals surface area contributed by atoms with E-state index in [4.69, 9.17) is 5.73 Å². The summed E-state index contributed by atoms with van der Waals surface area (Å²) in [4.78, 5) is 4.37. The lowest BCUT2D eigenvalue weighted by Gasteiger charge is -2.38. The molecule has 2 N–H and O–H groups in total. The van der Waals surface area contributed by atoms with Crippen LogP contribution < -0.4 is 5.73 Å². The van der Waals surface area contributed by atoms with E-state index in [1.54, 1.807) is 0 Å². The van der Waals surface area contributed by atoms with Crippen LogP contribution in [-0.2, 0) is 7.05 Å². The largest absolute Gasteiger partial charge is 0.337 e. The Morgan fingerprint density at radius 2 is 2.07 bits per heavy atom. The van der Waals surface area contributed by atoms with Crippen LogP contribution in [0.2, 0.25) is 0 Å². The third-order valence-electron chi connectivity index (χ3n) is 3.88. The molecule has 3 nitrogen and oxygen atoms in total. The average Bonchev–Trinajstić information content (AvgIpc) is 2.64. The molecule has 1 aliphatic rings. The van der Waals surface area contributed by atoms with E-state index in [1.165, 1.54) is 32.1 Å². The highest BCUT2D eigenvalue weighted by Gasteiger charge is 2.35. The fourth-order valence-corrected chi connectivity index (χ4v) is 2.66. The Hall–Kier alpha value is -0.830. The maximum absolute atomic E-state index is 6.37. The van der Waals surface area contributed by atoms with Gasteiger partial charge in [0.1, 0.15) is 5.82 Å². The Bertz CT molecular complexity index is 323. The zero-order chi connectivity index (χ0) is 10.9. The number of imidazole rings is 1. The monoisotopic (exact) mass is 207 g/mol. The number of nitrogens with two attached hydrogens (primary N) is 1. The molecule has 1 fully saturated rings. The first-order chi connectivity index (χ1) is 7.13. The van der Waals surface area contributed by atoms with Crippen molar-refractivity contribution in [2.45, 2.75) is 45.1 Å². The summed E-state index contributed by atoms with van der Waals surface area (Å²) in [6, 6.07) is 0.0813. The SMILES string of the molecule is Cn1ccnc1C(N)C1(C)CCCCC1. The lowest BCUT2D eigenvalue weighted by atomic mass is 9.70. The molecule has 0 saturated heterocycles. The van der Waals surface area contributed by atoms with Gasteiger partial charge in [-0.25, -0.2) is 4.98 Å². The Balaban J connectivity index is 2.19. The second kappa shape index (κ2) is 3.97. The molecule has 0 aromatic carbocycles. The van der Waals surface area contributed by atoms with Crippen LogP contribution in [0.1, 0.15) is 50.9 Å². The minimum atomic E-state index is 0.0813. The van der Waals surface area contributed by atoms with Crippen molar-refractivity contribution in [3.8, 4) is 0 Å². The highest BCUT2D eigenvalue weighted by molar-refractivity contribution is 5.04. The fraction of sp³-hybridized carbons (Fsp3) is 0.750. The molecule has 84 valence electrons. The molecule has 1 aromatic rings. The number of aryl methyl sites for hydroxylation is 1. The molecule has 1 unspecified atom stereocenters. The molecular formula is C12H21N3. The van der Waals surface area contributed by atoms with Crippen molar-refractivity contribution in [3.05, 3.63) is 18.2 Å². The zero-order valence-electron chi connectivity index (χ0n) is 9.74. The van der Waals surface area contributed by atoms with Crippen LogP contribution in [0.4, 0.5) is 0 Å². The predicted octanol–water partition coefficient (Wildman–Crippen LogP) is 2.39. The number of rotatable bonds is 2. The van der Waals surface area contributed by atoms with Crippen LogP contribution in [0.25, 0.3) is 0 Å². The van der Waals surface area contributed by atoms with Crippen LogP contribution in [0.15, 0.2) is 12.4 Å². The number of nitrogens with zero attached hydrogens (tertiary/aromatic N) is 2. The fourth-order valence-electron chi connectivity index (χ4n) is 2.66. The van der Waals surface area contributed by atoms with Crippen LogP contribution in [0, 0.1) is 5.41 Å². The molecule has 0 radical (unpaired) electrons. The molecule has 1 aromatic heterocycles. The van der Waals surface area contributed by atoms with E-state index in [0.717, 1.165) is 5.82 Å². The third-order valence-corrected chi connectivity index (χ3v) is 3.88. The van der Waals surface area contributed by atoms with E-state index in [-0.39, 0.29) is 11.5 Å². The van der Waals surface area contributed by atoms with Gasteiger partial charge in [-0.3, -0.25) is 0 Å². The van der Waals surface area contributed by atoms with Gasteiger partial charge in [0, 0.05) is 19.4 Å². The van der Waals surface area contributed by atoms with Crippen LogP contribution in [0.5, 0.6) is 0 Å². The zero-order valence-corrected chi connectivity index (χ0v) is 9.74. The van der Waals surface area contributed by atoms with E-state index in [9.17, 15) is 0 Å². The number of hydrogen-bond donors (Lipinski definition) is 1. The summed E-state index contributed by atoms with van der Waals surface area (Å²) in [7, 11) is 2.02. The van der Waals surface area contributed by atoms with Gasteiger partial charge < -0.3 is 10.3 Å². The second-order valence-corrected chi connectivity index (χ2v) is 5.09. The van der Waals surface area contributed by atoms with Crippen molar-refractivity contribution in [3.63, 3.8) is 0 Å². The molecule has 15 heavy (non-hydrogen) atoms. The number of aromatic nitrogens is 2. The highest BCUT2D eigenvalue weighted by atomic mass is 15.1. The summed E-state index contributed by atoms with van der Waals surface area (Å²) >= 11 is 0. The third kappa shape index (κ3) is 1.93. The van der Waals surface area contributed by atoms with Gasteiger partial charge in [-0.2, -0.15) is 0 Å². The van der Waals surface area contributed by atoms with E-state index in [2.05, 4.69) is 11.9 Å². The van der Waals surface area contributed by atoms with Crippen LogP contribution >= 0.6 is 0 Å². The average molecular weight is 207 g/mol. The standard InChI is InChI=1S/C12H21N3/c1-12(6-4-3-5-7-12)10(13)11-14-8-9-15(11)2/h8-10H,3-7,13H2,1-2H3. The van der Waals surface area contributed by atoms with Gasteiger partial charge in [-0.05, 0) is 18.3 Å². The van der Waals surface area contributed by atoms with Crippen molar-refractivity contribution >= 4 is 0 Å². The Labute approximate surface area is 91.7 Å². The minimum Gasteiger partial charge on any atom is -0.337 e. The smallest absolute Gasteiger partial charge is 0.125 e. The Morgan fingerprint density at radius 1 is 1.40 bits per heavy atom. The molecule has 1 aliphatic carbocycles. The first kappa shape index (κ1) is 10.7. The van der Waals surface area contributed by atoms with Gasteiger partial charge in [0.15, 0.2) is 0 Å². The van der Waals surface area contributed by atoms with Gasteiger partial charge in [0.25, 0.3) is 0 Å². The molecule has 1 heterocycles. The van der Waals surface area contributed by atoms with E-state index in [0.29, 0.717) is 0 Å². The lowest BCUT2D eigenvalue weighted by Crippen LogP contribution is -2.35. The van der Waals surface area contributed by atoms with Gasteiger partial charge in [0.05, 0.1) is 6.04 Å². The molecule has 0 bridgehead atoms. The summed E-state index contributed by atoms with van der Waals surface area (Å²) in [5, 5.41) is 0. The van der Waals surface area contributed by atoms with E-state index >= 15 is 0 Å². The Morgan fingerprint density at radius 3 is 2.60 bits per heavy atom. The minimum absolute atomic E-state index is 0.0813. The predicted molar refractivity (Wildman–Crippen MR) is 61.3 cm³/mol. The molecule has 0 amide bonds. The molecule has 1 saturated carbocycles. The summed E-state index contributed by atoms with van der Waals surface area (Å²) < 4.78 is 2.05. The van der Waals surface area contributed by atoms with Crippen LogP contribution in [-0.4, -0.2) is 9.55 Å². The van der Waals surface area contributed by atoms with E-state index in [1.807, 2.05) is 24.0 Å². The molecular weight excluding hydrogens is 186 g/mol. The van der Waals surface area contributed by atoms with Gasteiger partial charge in [-0.15, -0.1) is 0 Å². The second-order valence-electron chi connectivity index (χ2n) is 5.09. The first-order valence-electron chi connectivity index (χ1n) is 5.86. The lowest BCUT2D eigenvalue weighted by molar-refractivity contribution is 0.163. The molecule has 3 heteroatoms. The summed E-state index contributed by atoms with van der Waals surface area (Å²) in [6.07, 6.45) is 10.3. The summed E-state index contributed by atoms with van der Waals surface area (Å²) in [6.45, 7) is 2.31. The van der Waals surface area contributed by atoms with Crippen molar-refractivity contribution in [1.29, 1.82) is 0 Å². The molecule has 2 rings (SSSR count). The van der Waals surface area contributed by atoms with Crippen molar-refractivity contribution in [2.24, 2.45) is 18.2 Å². The summed E-state index contributed by atoms with van der Waals surface area (Å²) in [5.74, 6) is 1.03. The highest BCUT2D eigenvalue weighted by Crippen LogP contribution is 2.43. The van der Waals surface area contributed by atoms with Crippen LogP contribution in [0.3, 0.4) is 0 Å². The Kier molecular flexibility index (Phi) is 2.83. The number of hydrogen-bond acceptors (Lipinski definition) is 2. The first-order valence-corrected chi connectivity index (χ1v) is 5.86. The van der Waals surface area contributed by atoms with Crippen molar-refractivity contribution < 1.29 is 0 Å². The van der Waals surface area contributed by atoms with E-state index < -0.39 is 0 Å². The molecule has 0 aliphatic heterocycles. The molecule has 1 atom stereocenters. The van der Waals surface area contributed by atoms with Gasteiger partial charge >= 0.3 is 0 Å². The normalized spacial score (nSPS) is 22.6. The topological polar surface area (TPSA) is 43.8 Å².